The van der Waals surface area contributed by atoms with E-state index in [0.29, 0.717) is 23.7 Å². The molecule has 29 heavy (non-hydrogen) atoms. The number of esters is 1. The molecule has 0 bridgehead atoms. The van der Waals surface area contributed by atoms with E-state index >= 15 is 0 Å². The van der Waals surface area contributed by atoms with Gasteiger partial charge in [0.05, 0.1) is 23.8 Å². The van der Waals surface area contributed by atoms with Crippen molar-refractivity contribution in [3.05, 3.63) is 53.2 Å². The number of anilines is 1. The fourth-order valence-corrected chi connectivity index (χ4v) is 3.26. The molecule has 9 heteroatoms. The van der Waals surface area contributed by atoms with E-state index in [9.17, 15) is 4.79 Å². The summed E-state index contributed by atoms with van der Waals surface area (Å²) in [5.41, 5.74) is 3.65. The standard InChI is InChI=1S/C20H18N6O3/c1-2-28-18(27)8-17-25-26-19(29-17)15-10-22-20(23-11-15)24-16-6-13-4-3-12(9-21)5-14(13)7-16/h3-5,10-11,16H,2,6-8H2,1H3,(H,22,23,24). The summed E-state index contributed by atoms with van der Waals surface area (Å²) >= 11 is 0. The molecule has 4 rings (SSSR count). The van der Waals surface area contributed by atoms with E-state index in [1.807, 2.05) is 18.2 Å². The minimum atomic E-state index is -0.419. The maximum absolute atomic E-state index is 11.5. The molecule has 2 heterocycles. The number of ether oxygens (including phenoxy) is 1. The average molecular weight is 390 g/mol. The van der Waals surface area contributed by atoms with E-state index in [4.69, 9.17) is 14.4 Å². The third-order valence-corrected chi connectivity index (χ3v) is 4.57. The van der Waals surface area contributed by atoms with E-state index in [1.165, 1.54) is 11.1 Å². The van der Waals surface area contributed by atoms with Crippen LogP contribution in [0.4, 0.5) is 5.95 Å². The van der Waals surface area contributed by atoms with Gasteiger partial charge in [0, 0.05) is 18.4 Å². The van der Waals surface area contributed by atoms with Gasteiger partial charge in [0.15, 0.2) is 0 Å². The summed E-state index contributed by atoms with van der Waals surface area (Å²) in [4.78, 5) is 20.1. The Balaban J connectivity index is 1.38. The molecule has 9 nitrogen and oxygen atoms in total. The monoisotopic (exact) mass is 390 g/mol. The summed E-state index contributed by atoms with van der Waals surface area (Å²) in [7, 11) is 0. The van der Waals surface area contributed by atoms with E-state index in [1.54, 1.807) is 19.3 Å². The first-order chi connectivity index (χ1) is 14.1. The van der Waals surface area contributed by atoms with Crippen LogP contribution in [0.3, 0.4) is 0 Å². The van der Waals surface area contributed by atoms with Crippen molar-refractivity contribution in [1.29, 1.82) is 5.26 Å². The lowest BCUT2D eigenvalue weighted by Crippen LogP contribution is -2.20. The van der Waals surface area contributed by atoms with Gasteiger partial charge in [0.2, 0.25) is 11.8 Å². The predicted octanol–water partition coefficient (Wildman–Crippen LogP) is 2.08. The smallest absolute Gasteiger partial charge is 0.315 e. The van der Waals surface area contributed by atoms with Crippen LogP contribution in [0.25, 0.3) is 11.5 Å². The van der Waals surface area contributed by atoms with Crippen LogP contribution in [0.15, 0.2) is 35.0 Å². The molecule has 1 atom stereocenters. The van der Waals surface area contributed by atoms with Crippen molar-refractivity contribution in [2.24, 2.45) is 0 Å². The Morgan fingerprint density at radius 3 is 2.83 bits per heavy atom. The molecular weight excluding hydrogens is 372 g/mol. The maximum atomic E-state index is 11.5. The molecule has 1 aliphatic rings. The van der Waals surface area contributed by atoms with E-state index in [-0.39, 0.29) is 24.2 Å². The molecular formula is C20H18N6O3. The number of nitrogens with zero attached hydrogens (tertiary/aromatic N) is 5. The fraction of sp³-hybridized carbons (Fsp3) is 0.300. The van der Waals surface area contributed by atoms with Crippen LogP contribution in [-0.2, 0) is 28.8 Å². The zero-order valence-electron chi connectivity index (χ0n) is 15.8. The van der Waals surface area contributed by atoms with Crippen molar-refractivity contribution < 1.29 is 13.9 Å². The normalized spacial score (nSPS) is 14.8. The highest BCUT2D eigenvalue weighted by Crippen LogP contribution is 2.25. The Hall–Kier alpha value is -3.80. The van der Waals surface area contributed by atoms with Crippen LogP contribution in [-0.4, -0.2) is 38.8 Å². The van der Waals surface area contributed by atoms with E-state index in [2.05, 4.69) is 31.6 Å². The Kier molecular flexibility index (Phi) is 5.16. The molecule has 1 N–H and O–H groups in total. The second-order valence-corrected chi connectivity index (χ2v) is 6.62. The quantitative estimate of drug-likeness (QED) is 0.629. The molecule has 0 aliphatic heterocycles. The van der Waals surface area contributed by atoms with Crippen molar-refractivity contribution in [1.82, 2.24) is 20.2 Å². The first kappa shape index (κ1) is 18.6. The lowest BCUT2D eigenvalue weighted by atomic mass is 10.1. The Labute approximate surface area is 166 Å². The number of carbonyl (C=O) groups is 1. The number of carbonyl (C=O) groups excluding carboxylic acids is 1. The van der Waals surface area contributed by atoms with Crippen LogP contribution < -0.4 is 5.32 Å². The fourth-order valence-electron chi connectivity index (χ4n) is 3.26. The van der Waals surface area contributed by atoms with Gasteiger partial charge >= 0.3 is 5.97 Å². The zero-order chi connectivity index (χ0) is 20.2. The van der Waals surface area contributed by atoms with Gasteiger partial charge in [-0.15, -0.1) is 10.2 Å². The number of fused-ring (bicyclic) bond motifs is 1. The van der Waals surface area contributed by atoms with Crippen molar-refractivity contribution in [2.45, 2.75) is 32.2 Å². The van der Waals surface area contributed by atoms with Crippen molar-refractivity contribution in [3.8, 4) is 17.5 Å². The van der Waals surface area contributed by atoms with Crippen molar-refractivity contribution in [2.75, 3.05) is 11.9 Å². The average Bonchev–Trinajstić information content (AvgIpc) is 3.34. The molecule has 0 fully saturated rings. The third-order valence-electron chi connectivity index (χ3n) is 4.57. The first-order valence-corrected chi connectivity index (χ1v) is 9.23. The van der Waals surface area contributed by atoms with Crippen molar-refractivity contribution >= 4 is 11.9 Å². The predicted molar refractivity (Wildman–Crippen MR) is 102 cm³/mol. The lowest BCUT2D eigenvalue weighted by Gasteiger charge is -2.11. The highest BCUT2D eigenvalue weighted by molar-refractivity contribution is 5.71. The van der Waals surface area contributed by atoms with Crippen LogP contribution in [0.1, 0.15) is 29.5 Å². The van der Waals surface area contributed by atoms with Gasteiger partial charge < -0.3 is 14.5 Å². The second-order valence-electron chi connectivity index (χ2n) is 6.62. The summed E-state index contributed by atoms with van der Waals surface area (Å²) in [5, 5.41) is 20.1. The number of benzene rings is 1. The Morgan fingerprint density at radius 2 is 2.07 bits per heavy atom. The number of hydrogen-bond donors (Lipinski definition) is 1. The summed E-state index contributed by atoms with van der Waals surface area (Å²) in [6.45, 7) is 2.03. The second kappa shape index (κ2) is 8.06. The van der Waals surface area contributed by atoms with Crippen molar-refractivity contribution in [3.63, 3.8) is 0 Å². The summed E-state index contributed by atoms with van der Waals surface area (Å²) in [6, 6.07) is 8.12. The molecule has 0 saturated heterocycles. The third kappa shape index (κ3) is 4.21. The molecule has 0 amide bonds. The minimum absolute atomic E-state index is 0.0723. The Bertz CT molecular complexity index is 1070. The van der Waals surface area contributed by atoms with Gasteiger partial charge in [-0.25, -0.2) is 9.97 Å². The SMILES string of the molecule is CCOC(=O)Cc1nnc(-c2cnc(NC3Cc4ccc(C#N)cc4C3)nc2)o1. The molecule has 1 aliphatic carbocycles. The molecule has 0 radical (unpaired) electrons. The maximum Gasteiger partial charge on any atom is 0.315 e. The van der Waals surface area contributed by atoms with Gasteiger partial charge in [0.1, 0.15) is 6.42 Å². The Morgan fingerprint density at radius 1 is 1.28 bits per heavy atom. The zero-order valence-corrected chi connectivity index (χ0v) is 15.8. The number of nitriles is 1. The van der Waals surface area contributed by atoms with Gasteiger partial charge in [-0.3, -0.25) is 4.79 Å². The number of rotatable bonds is 6. The van der Waals surface area contributed by atoms with E-state index in [0.717, 1.165) is 12.8 Å². The van der Waals surface area contributed by atoms with Crippen LogP contribution in [0, 0.1) is 11.3 Å². The molecule has 0 saturated carbocycles. The lowest BCUT2D eigenvalue weighted by molar-refractivity contribution is -0.142. The highest BCUT2D eigenvalue weighted by atomic mass is 16.5. The summed E-state index contributed by atoms with van der Waals surface area (Å²) in [6.07, 6.45) is 4.78. The van der Waals surface area contributed by atoms with Gasteiger partial charge in [0.25, 0.3) is 5.89 Å². The number of aromatic nitrogens is 4. The molecule has 3 aromatic rings. The molecule has 1 aromatic carbocycles. The molecule has 2 aromatic heterocycles. The molecule has 0 spiro atoms. The molecule has 1 unspecified atom stereocenters. The van der Waals surface area contributed by atoms with Crippen LogP contribution in [0.5, 0.6) is 0 Å². The van der Waals surface area contributed by atoms with Crippen LogP contribution in [0.2, 0.25) is 0 Å². The van der Waals surface area contributed by atoms with Gasteiger partial charge in [-0.1, -0.05) is 6.07 Å². The molecule has 146 valence electrons. The number of hydrogen-bond acceptors (Lipinski definition) is 9. The van der Waals surface area contributed by atoms with Gasteiger partial charge in [-0.2, -0.15) is 5.26 Å². The highest BCUT2D eigenvalue weighted by Gasteiger charge is 2.22. The van der Waals surface area contributed by atoms with Gasteiger partial charge in [-0.05, 0) is 43.0 Å². The topological polar surface area (TPSA) is 127 Å². The minimum Gasteiger partial charge on any atom is -0.466 e. The summed E-state index contributed by atoms with van der Waals surface area (Å²) < 4.78 is 10.3. The summed E-state index contributed by atoms with van der Waals surface area (Å²) in [5.74, 6) is 0.505. The van der Waals surface area contributed by atoms with E-state index < -0.39 is 5.97 Å². The number of nitrogens with one attached hydrogen (secondary N) is 1. The first-order valence-electron chi connectivity index (χ1n) is 9.23. The van der Waals surface area contributed by atoms with Crippen LogP contribution >= 0.6 is 0 Å². The largest absolute Gasteiger partial charge is 0.466 e.